The van der Waals surface area contributed by atoms with Gasteiger partial charge < -0.3 is 10.4 Å². The number of halogens is 4. The van der Waals surface area contributed by atoms with Crippen LogP contribution in [-0.2, 0) is 9.59 Å². The predicted octanol–water partition coefficient (Wildman–Crippen LogP) is 4.98. The number of hydrogen-bond donors (Lipinski definition) is 2. The number of nitrogens with one attached hydrogen (secondary N) is 1. The van der Waals surface area contributed by atoms with Crippen LogP contribution in [0.25, 0.3) is 0 Å². The zero-order valence-corrected chi connectivity index (χ0v) is 14.2. The molecule has 0 aliphatic heterocycles. The highest BCUT2D eigenvalue weighted by Crippen LogP contribution is 2.41. The van der Waals surface area contributed by atoms with E-state index < -0.39 is 30.9 Å². The molecular formula is C17H19ClF3NO3. The lowest BCUT2D eigenvalue weighted by molar-refractivity contribution is -0.142. The molecule has 1 aromatic rings. The Morgan fingerprint density at radius 3 is 2.56 bits per heavy atom. The van der Waals surface area contributed by atoms with Crippen LogP contribution < -0.4 is 5.32 Å². The number of alkyl halides is 3. The van der Waals surface area contributed by atoms with E-state index in [0.29, 0.717) is 11.5 Å². The smallest absolute Gasteiger partial charge is 0.389 e. The van der Waals surface area contributed by atoms with Crippen LogP contribution in [-0.4, -0.2) is 23.2 Å². The Labute approximate surface area is 148 Å². The molecule has 0 spiro atoms. The van der Waals surface area contributed by atoms with Gasteiger partial charge in [-0.2, -0.15) is 13.2 Å². The van der Waals surface area contributed by atoms with Gasteiger partial charge in [-0.15, -0.1) is 0 Å². The third-order valence-electron chi connectivity index (χ3n) is 4.11. The van der Waals surface area contributed by atoms with Crippen molar-refractivity contribution in [1.29, 1.82) is 0 Å². The topological polar surface area (TPSA) is 66.4 Å². The molecule has 1 aliphatic rings. The van der Waals surface area contributed by atoms with Crippen molar-refractivity contribution in [2.45, 2.75) is 50.6 Å². The Kier molecular flexibility index (Phi) is 6.32. The fraction of sp³-hybridized carbons (Fsp3) is 0.529. The molecule has 0 bridgehead atoms. The molecule has 0 radical (unpaired) electrons. The normalized spacial score (nSPS) is 15.7. The molecule has 1 aliphatic carbocycles. The van der Waals surface area contributed by atoms with Crippen molar-refractivity contribution in [2.24, 2.45) is 5.92 Å². The number of carbonyl (C=O) groups excluding carboxylic acids is 1. The van der Waals surface area contributed by atoms with E-state index >= 15 is 0 Å². The van der Waals surface area contributed by atoms with Gasteiger partial charge in [0.05, 0.1) is 23.6 Å². The number of rotatable bonds is 8. The first kappa shape index (κ1) is 19.6. The summed E-state index contributed by atoms with van der Waals surface area (Å²) in [5.74, 6) is -1.41. The first-order chi connectivity index (χ1) is 11.6. The number of benzene rings is 1. The molecule has 0 aromatic heterocycles. The van der Waals surface area contributed by atoms with Crippen LogP contribution in [0.3, 0.4) is 0 Å². The second-order valence-corrected chi connectivity index (χ2v) is 6.78. The summed E-state index contributed by atoms with van der Waals surface area (Å²) in [6.45, 7) is 0. The summed E-state index contributed by atoms with van der Waals surface area (Å²) in [7, 11) is 0. The monoisotopic (exact) mass is 377 g/mol. The average molecular weight is 378 g/mol. The van der Waals surface area contributed by atoms with Crippen molar-refractivity contribution in [3.05, 3.63) is 28.8 Å². The minimum Gasteiger partial charge on any atom is -0.481 e. The maximum atomic E-state index is 12.2. The number of hydrogen-bond acceptors (Lipinski definition) is 2. The zero-order chi connectivity index (χ0) is 18.6. The van der Waals surface area contributed by atoms with E-state index in [2.05, 4.69) is 5.32 Å². The lowest BCUT2D eigenvalue weighted by atomic mass is 9.90. The number of aliphatic carboxylic acids is 1. The third kappa shape index (κ3) is 6.94. The average Bonchev–Trinajstić information content (AvgIpc) is 3.30. The molecule has 25 heavy (non-hydrogen) atoms. The Bertz CT molecular complexity index is 645. The van der Waals surface area contributed by atoms with Crippen molar-refractivity contribution in [1.82, 2.24) is 0 Å². The van der Waals surface area contributed by atoms with Crippen LogP contribution in [0.2, 0.25) is 5.02 Å². The van der Waals surface area contributed by atoms with Gasteiger partial charge in [0.25, 0.3) is 0 Å². The molecular weight excluding hydrogens is 359 g/mol. The maximum Gasteiger partial charge on any atom is 0.389 e. The van der Waals surface area contributed by atoms with E-state index in [4.69, 9.17) is 16.7 Å². The van der Waals surface area contributed by atoms with Gasteiger partial charge in [0, 0.05) is 6.42 Å². The van der Waals surface area contributed by atoms with Crippen molar-refractivity contribution in [3.8, 4) is 0 Å². The van der Waals surface area contributed by atoms with Gasteiger partial charge in [0.15, 0.2) is 0 Å². The van der Waals surface area contributed by atoms with E-state index in [1.54, 1.807) is 12.1 Å². The fourth-order valence-corrected chi connectivity index (χ4v) is 2.83. The zero-order valence-electron chi connectivity index (χ0n) is 13.4. The molecule has 0 heterocycles. The molecule has 4 nitrogen and oxygen atoms in total. The quantitative estimate of drug-likeness (QED) is 0.671. The molecule has 0 saturated heterocycles. The molecule has 1 fully saturated rings. The maximum absolute atomic E-state index is 12.2. The van der Waals surface area contributed by atoms with E-state index in [1.165, 1.54) is 6.07 Å². The van der Waals surface area contributed by atoms with Crippen LogP contribution in [0.5, 0.6) is 0 Å². The number of carboxylic acids is 1. The van der Waals surface area contributed by atoms with E-state index in [-0.39, 0.29) is 23.0 Å². The highest BCUT2D eigenvalue weighted by atomic mass is 35.5. The summed E-state index contributed by atoms with van der Waals surface area (Å²) >= 11 is 6.01. The molecule has 8 heteroatoms. The first-order valence-corrected chi connectivity index (χ1v) is 8.39. The molecule has 2 N–H and O–H groups in total. The first-order valence-electron chi connectivity index (χ1n) is 8.02. The van der Waals surface area contributed by atoms with Crippen LogP contribution >= 0.6 is 11.6 Å². The van der Waals surface area contributed by atoms with Crippen LogP contribution in [0.1, 0.15) is 50.0 Å². The minimum atomic E-state index is -4.40. The molecule has 138 valence electrons. The van der Waals surface area contributed by atoms with E-state index in [1.807, 2.05) is 0 Å². The van der Waals surface area contributed by atoms with Crippen LogP contribution in [0.15, 0.2) is 18.2 Å². The third-order valence-corrected chi connectivity index (χ3v) is 4.44. The molecule has 1 amide bonds. The molecule has 1 atom stereocenters. The van der Waals surface area contributed by atoms with Crippen LogP contribution in [0, 0.1) is 5.92 Å². The summed E-state index contributed by atoms with van der Waals surface area (Å²) in [6, 6.07) is 4.78. The largest absolute Gasteiger partial charge is 0.481 e. The second kappa shape index (κ2) is 8.08. The van der Waals surface area contributed by atoms with Crippen molar-refractivity contribution >= 4 is 29.2 Å². The van der Waals surface area contributed by atoms with Gasteiger partial charge in [0.1, 0.15) is 0 Å². The Hall–Kier alpha value is -1.76. The summed E-state index contributed by atoms with van der Waals surface area (Å²) in [5, 5.41) is 11.7. The van der Waals surface area contributed by atoms with Gasteiger partial charge in [-0.05, 0) is 36.0 Å². The van der Waals surface area contributed by atoms with Crippen molar-refractivity contribution in [3.63, 3.8) is 0 Å². The lowest BCUT2D eigenvalue weighted by Crippen LogP contribution is -2.17. The number of carbonyl (C=O) groups is 2. The Morgan fingerprint density at radius 1 is 1.32 bits per heavy atom. The molecule has 1 aromatic carbocycles. The molecule has 2 rings (SSSR count). The Morgan fingerprint density at radius 2 is 2.00 bits per heavy atom. The number of anilines is 1. The van der Waals surface area contributed by atoms with Gasteiger partial charge in [-0.1, -0.05) is 30.5 Å². The second-order valence-electron chi connectivity index (χ2n) is 6.38. The predicted molar refractivity (Wildman–Crippen MR) is 87.7 cm³/mol. The van der Waals surface area contributed by atoms with Gasteiger partial charge in [-0.25, -0.2) is 0 Å². The van der Waals surface area contributed by atoms with E-state index in [0.717, 1.165) is 19.3 Å². The highest BCUT2D eigenvalue weighted by molar-refractivity contribution is 6.33. The van der Waals surface area contributed by atoms with Crippen molar-refractivity contribution in [2.75, 3.05) is 5.32 Å². The van der Waals surface area contributed by atoms with Crippen LogP contribution in [0.4, 0.5) is 18.9 Å². The number of carboxylic acid groups (broad SMARTS) is 1. The fourth-order valence-electron chi connectivity index (χ4n) is 2.66. The van der Waals surface area contributed by atoms with E-state index in [9.17, 15) is 22.8 Å². The summed E-state index contributed by atoms with van der Waals surface area (Å²) < 4.78 is 36.6. The summed E-state index contributed by atoms with van der Waals surface area (Å²) in [4.78, 5) is 22.8. The highest BCUT2D eigenvalue weighted by Gasteiger charge is 2.29. The minimum absolute atomic E-state index is 0.0421. The van der Waals surface area contributed by atoms with Gasteiger partial charge >= 0.3 is 12.1 Å². The molecule has 1 unspecified atom stereocenters. The summed E-state index contributed by atoms with van der Waals surface area (Å²) in [5.41, 5.74) is 0.919. The SMILES string of the molecule is O=C(O)CC(CC1CC1)c1ccc(Cl)c(NC(=O)CCC(F)(F)F)c1. The summed E-state index contributed by atoms with van der Waals surface area (Å²) in [6.07, 6.45) is -3.46. The number of amides is 1. The van der Waals surface area contributed by atoms with Gasteiger partial charge in [-0.3, -0.25) is 9.59 Å². The Balaban J connectivity index is 2.09. The standard InChI is InChI=1S/C17H19ClF3NO3/c18-13-4-3-11(12(9-16(24)25)7-10-1-2-10)8-14(13)22-15(23)5-6-17(19,20)21/h3-4,8,10,12H,1-2,5-7,9H2,(H,22,23)(H,24,25). The van der Waals surface area contributed by atoms with Gasteiger partial charge in [0.2, 0.25) is 5.91 Å². The molecule has 1 saturated carbocycles. The van der Waals surface area contributed by atoms with Crippen molar-refractivity contribution < 1.29 is 27.9 Å². The lowest BCUT2D eigenvalue weighted by Gasteiger charge is -2.17.